The molecule has 0 fully saturated rings. The molecule has 0 aromatic heterocycles. The van der Waals surface area contributed by atoms with E-state index in [1.807, 2.05) is 0 Å². The van der Waals surface area contributed by atoms with E-state index in [2.05, 4.69) is 0 Å². The molecule has 0 unspecified atom stereocenters. The van der Waals surface area contributed by atoms with Gasteiger partial charge in [-0.15, -0.1) is 0 Å². The van der Waals surface area contributed by atoms with Gasteiger partial charge in [0.15, 0.2) is 5.78 Å². The topological polar surface area (TPSA) is 66.4 Å². The normalized spacial score (nSPS) is 9.87. The Balaban J connectivity index is 0.00000264. The van der Waals surface area contributed by atoms with Crippen molar-refractivity contribution in [2.24, 2.45) is 0 Å². The van der Waals surface area contributed by atoms with Gasteiger partial charge in [0.05, 0.1) is 5.97 Å². The standard InChI is InChI=1S/C17H15FO4.Na/c1-10-11(2)15(22-9-16(19)20)8-7-14(10)17(21)12-3-5-13(18)6-4-12;/h3-8H,9H2,1-2H3,(H,19,20);/q;+1/p-1. The predicted molar refractivity (Wildman–Crippen MR) is 76.3 cm³/mol. The number of benzene rings is 2. The summed E-state index contributed by atoms with van der Waals surface area (Å²) in [6.07, 6.45) is 0. The van der Waals surface area contributed by atoms with E-state index >= 15 is 0 Å². The van der Waals surface area contributed by atoms with Gasteiger partial charge >= 0.3 is 29.6 Å². The molecule has 0 spiro atoms. The smallest absolute Gasteiger partial charge is 0.546 e. The molecular weight excluding hydrogens is 310 g/mol. The van der Waals surface area contributed by atoms with E-state index in [1.165, 1.54) is 24.3 Å². The number of hydrogen-bond donors (Lipinski definition) is 0. The van der Waals surface area contributed by atoms with Crippen LogP contribution in [0.2, 0.25) is 0 Å². The molecular formula is C17H14FNaO4. The van der Waals surface area contributed by atoms with E-state index in [1.54, 1.807) is 26.0 Å². The van der Waals surface area contributed by atoms with E-state index < -0.39 is 18.4 Å². The van der Waals surface area contributed by atoms with Crippen molar-refractivity contribution >= 4 is 11.8 Å². The third-order valence-corrected chi connectivity index (χ3v) is 3.43. The van der Waals surface area contributed by atoms with Crippen LogP contribution in [0.25, 0.3) is 0 Å². The number of carbonyl (C=O) groups is 2. The van der Waals surface area contributed by atoms with Gasteiger partial charge in [0.25, 0.3) is 0 Å². The Labute approximate surface area is 155 Å². The second kappa shape index (κ2) is 8.24. The van der Waals surface area contributed by atoms with Crippen LogP contribution in [-0.2, 0) is 4.79 Å². The number of ketones is 1. The number of aliphatic carboxylic acids is 1. The third kappa shape index (κ3) is 4.64. The zero-order valence-electron chi connectivity index (χ0n) is 13.2. The predicted octanol–water partition coefficient (Wildman–Crippen LogP) is -1.19. The first kappa shape index (κ1) is 19.4. The monoisotopic (exact) mass is 324 g/mol. The van der Waals surface area contributed by atoms with Crippen LogP contribution in [0.4, 0.5) is 4.39 Å². The van der Waals surface area contributed by atoms with E-state index in [9.17, 15) is 19.1 Å². The summed E-state index contributed by atoms with van der Waals surface area (Å²) in [7, 11) is 0. The van der Waals surface area contributed by atoms with Gasteiger partial charge in [0.2, 0.25) is 0 Å². The Morgan fingerprint density at radius 2 is 1.65 bits per heavy atom. The fraction of sp³-hybridized carbons (Fsp3) is 0.176. The Morgan fingerprint density at radius 1 is 1.04 bits per heavy atom. The molecule has 2 rings (SSSR count). The number of halogens is 1. The maximum absolute atomic E-state index is 12.9. The fourth-order valence-electron chi connectivity index (χ4n) is 2.09. The summed E-state index contributed by atoms with van der Waals surface area (Å²) in [5, 5.41) is 10.4. The van der Waals surface area contributed by atoms with Crippen LogP contribution in [0.3, 0.4) is 0 Å². The van der Waals surface area contributed by atoms with E-state index in [-0.39, 0.29) is 35.3 Å². The molecule has 114 valence electrons. The first-order valence-electron chi connectivity index (χ1n) is 6.63. The SMILES string of the molecule is Cc1c(OCC(=O)[O-])ccc(C(=O)c2ccc(F)cc2)c1C.[Na+]. The zero-order valence-corrected chi connectivity index (χ0v) is 15.2. The summed E-state index contributed by atoms with van der Waals surface area (Å²) in [6.45, 7) is 2.94. The van der Waals surface area contributed by atoms with Gasteiger partial charge in [0.1, 0.15) is 18.2 Å². The van der Waals surface area contributed by atoms with Crippen molar-refractivity contribution in [2.45, 2.75) is 13.8 Å². The summed E-state index contributed by atoms with van der Waals surface area (Å²) in [5.41, 5.74) is 2.21. The molecule has 0 saturated heterocycles. The van der Waals surface area contributed by atoms with Crippen LogP contribution in [0, 0.1) is 19.7 Å². The molecule has 0 amide bonds. The van der Waals surface area contributed by atoms with E-state index in [0.717, 1.165) is 0 Å². The maximum Gasteiger partial charge on any atom is 1.00 e. The van der Waals surface area contributed by atoms with Gasteiger partial charge in [-0.3, -0.25) is 4.79 Å². The van der Waals surface area contributed by atoms with Crippen LogP contribution in [0.1, 0.15) is 27.0 Å². The number of hydrogen-bond acceptors (Lipinski definition) is 4. The number of carboxylic acid groups (broad SMARTS) is 1. The van der Waals surface area contributed by atoms with Crippen molar-refractivity contribution in [1.29, 1.82) is 0 Å². The van der Waals surface area contributed by atoms with E-state index in [4.69, 9.17) is 4.74 Å². The zero-order chi connectivity index (χ0) is 16.3. The second-order valence-electron chi connectivity index (χ2n) is 4.86. The molecule has 6 heteroatoms. The molecule has 0 saturated carbocycles. The Morgan fingerprint density at radius 3 is 2.22 bits per heavy atom. The van der Waals surface area contributed by atoms with Gasteiger partial charge in [-0.1, -0.05) is 0 Å². The third-order valence-electron chi connectivity index (χ3n) is 3.43. The summed E-state index contributed by atoms with van der Waals surface area (Å²) < 4.78 is 18.0. The average Bonchev–Trinajstić information content (AvgIpc) is 2.49. The maximum atomic E-state index is 12.9. The van der Waals surface area contributed by atoms with Gasteiger partial charge in [0, 0.05) is 11.1 Å². The van der Waals surface area contributed by atoms with Crippen molar-refractivity contribution < 1.29 is 53.4 Å². The van der Waals surface area contributed by atoms with Crippen LogP contribution in [0.5, 0.6) is 5.75 Å². The molecule has 0 aliphatic heterocycles. The van der Waals surface area contributed by atoms with Gasteiger partial charge in [-0.25, -0.2) is 4.39 Å². The molecule has 2 aromatic rings. The minimum atomic E-state index is -1.32. The summed E-state index contributed by atoms with van der Waals surface area (Å²) in [5.74, 6) is -1.57. The molecule has 0 N–H and O–H groups in total. The minimum Gasteiger partial charge on any atom is -0.546 e. The Bertz CT molecular complexity index is 726. The number of carboxylic acids is 1. The van der Waals surface area contributed by atoms with Crippen molar-refractivity contribution in [1.82, 2.24) is 0 Å². The minimum absolute atomic E-state index is 0. The molecule has 0 atom stereocenters. The van der Waals surface area contributed by atoms with E-state index in [0.29, 0.717) is 28.0 Å². The second-order valence-corrected chi connectivity index (χ2v) is 4.86. The average molecular weight is 324 g/mol. The quantitative estimate of drug-likeness (QED) is 0.512. The van der Waals surface area contributed by atoms with Crippen LogP contribution >= 0.6 is 0 Å². The molecule has 2 aromatic carbocycles. The number of rotatable bonds is 5. The first-order chi connectivity index (χ1) is 10.4. The summed E-state index contributed by atoms with van der Waals surface area (Å²) >= 11 is 0. The van der Waals surface area contributed by atoms with Gasteiger partial charge in [-0.2, -0.15) is 0 Å². The van der Waals surface area contributed by atoms with Crippen molar-refractivity contribution in [3.63, 3.8) is 0 Å². The Kier molecular flexibility index (Phi) is 6.94. The number of ether oxygens (including phenoxy) is 1. The van der Waals surface area contributed by atoms with Gasteiger partial charge in [-0.05, 0) is 61.4 Å². The summed E-state index contributed by atoms with van der Waals surface area (Å²) in [6, 6.07) is 8.42. The molecule has 0 bridgehead atoms. The largest absolute Gasteiger partial charge is 1.00 e. The molecule has 0 heterocycles. The molecule has 0 aliphatic carbocycles. The first-order valence-corrected chi connectivity index (χ1v) is 6.63. The van der Waals surface area contributed by atoms with Crippen molar-refractivity contribution in [3.05, 3.63) is 64.5 Å². The molecule has 0 radical (unpaired) electrons. The van der Waals surface area contributed by atoms with Gasteiger partial charge < -0.3 is 14.6 Å². The van der Waals surface area contributed by atoms with Crippen molar-refractivity contribution in [2.75, 3.05) is 6.61 Å². The van der Waals surface area contributed by atoms with Crippen molar-refractivity contribution in [3.8, 4) is 5.75 Å². The molecule has 4 nitrogen and oxygen atoms in total. The Hall–Kier alpha value is -1.69. The fourth-order valence-corrected chi connectivity index (χ4v) is 2.09. The number of carbonyl (C=O) groups excluding carboxylic acids is 2. The summed E-state index contributed by atoms with van der Waals surface area (Å²) in [4.78, 5) is 22.9. The molecule has 0 aliphatic rings. The van der Waals surface area contributed by atoms with Crippen LogP contribution in [-0.4, -0.2) is 18.4 Å². The van der Waals surface area contributed by atoms with Crippen LogP contribution < -0.4 is 39.4 Å². The van der Waals surface area contributed by atoms with Crippen LogP contribution in [0.15, 0.2) is 36.4 Å². The molecule has 23 heavy (non-hydrogen) atoms.